The number of hydrogen-bond donors (Lipinski definition) is 1. The topological polar surface area (TPSA) is 20.2 Å². The molecule has 2 heteroatoms. The summed E-state index contributed by atoms with van der Waals surface area (Å²) < 4.78 is 0. The van der Waals surface area contributed by atoms with Gasteiger partial charge in [-0.15, -0.1) is 11.6 Å². The third kappa shape index (κ3) is 1.92. The predicted octanol–water partition coefficient (Wildman–Crippen LogP) is 2.79. The zero-order chi connectivity index (χ0) is 9.14. The lowest BCUT2D eigenvalue weighted by Gasteiger charge is -2.07. The fraction of sp³-hybridized carbons (Fsp3) is 0.400. The number of alkyl halides is 1. The molecule has 0 atom stereocenters. The van der Waals surface area contributed by atoms with Gasteiger partial charge in [0, 0.05) is 5.88 Å². The number of phenols is 1. The minimum Gasteiger partial charge on any atom is -0.508 e. The Morgan fingerprint density at radius 2 is 2.00 bits per heavy atom. The van der Waals surface area contributed by atoms with E-state index in [2.05, 4.69) is 6.07 Å². The zero-order valence-electron chi connectivity index (χ0n) is 7.39. The molecule has 0 heterocycles. The maximum absolute atomic E-state index is 9.54. The number of phenolic OH excluding ortho intramolecular Hbond substituents is 1. The van der Waals surface area contributed by atoms with Crippen molar-refractivity contribution in [1.29, 1.82) is 0 Å². The summed E-state index contributed by atoms with van der Waals surface area (Å²) in [6, 6.07) is 3.83. The molecule has 0 aliphatic heterocycles. The molecule has 0 spiro atoms. The molecule has 0 saturated heterocycles. The second-order valence-corrected chi connectivity index (χ2v) is 3.40. The largest absolute Gasteiger partial charge is 0.508 e. The van der Waals surface area contributed by atoms with Gasteiger partial charge in [-0.2, -0.15) is 0 Å². The van der Waals surface area contributed by atoms with E-state index in [9.17, 15) is 5.11 Å². The molecule has 0 fully saturated rings. The highest BCUT2D eigenvalue weighted by atomic mass is 35.5. The Balaban J connectivity index is 3.10. The van der Waals surface area contributed by atoms with Crippen molar-refractivity contribution in [3.8, 4) is 5.75 Å². The molecule has 0 bridgehead atoms. The van der Waals surface area contributed by atoms with Crippen LogP contribution < -0.4 is 0 Å². The quantitative estimate of drug-likeness (QED) is 0.701. The van der Waals surface area contributed by atoms with Crippen molar-refractivity contribution in [3.05, 3.63) is 28.8 Å². The molecule has 66 valence electrons. The SMILES string of the molecule is Cc1cc(C)c(CCCl)c(O)c1. The fourth-order valence-corrected chi connectivity index (χ4v) is 1.58. The molecule has 0 amide bonds. The van der Waals surface area contributed by atoms with Crippen molar-refractivity contribution in [3.63, 3.8) is 0 Å². The molecule has 0 saturated carbocycles. The van der Waals surface area contributed by atoms with Gasteiger partial charge in [-0.05, 0) is 43.0 Å². The van der Waals surface area contributed by atoms with E-state index in [1.165, 1.54) is 0 Å². The molecular weight excluding hydrogens is 172 g/mol. The van der Waals surface area contributed by atoms with Crippen LogP contribution in [0.4, 0.5) is 0 Å². The Morgan fingerprint density at radius 1 is 1.33 bits per heavy atom. The molecule has 0 aromatic heterocycles. The molecule has 1 nitrogen and oxygen atoms in total. The van der Waals surface area contributed by atoms with Gasteiger partial charge in [-0.1, -0.05) is 6.07 Å². The third-order valence-electron chi connectivity index (χ3n) is 1.94. The monoisotopic (exact) mass is 184 g/mol. The van der Waals surface area contributed by atoms with E-state index in [0.29, 0.717) is 11.6 Å². The highest BCUT2D eigenvalue weighted by Crippen LogP contribution is 2.23. The van der Waals surface area contributed by atoms with Crippen LogP contribution in [0.1, 0.15) is 16.7 Å². The second kappa shape index (κ2) is 3.81. The van der Waals surface area contributed by atoms with Gasteiger partial charge in [0.2, 0.25) is 0 Å². The van der Waals surface area contributed by atoms with Crippen molar-refractivity contribution >= 4 is 11.6 Å². The summed E-state index contributed by atoms with van der Waals surface area (Å²) in [6.07, 6.45) is 0.736. The number of benzene rings is 1. The summed E-state index contributed by atoms with van der Waals surface area (Å²) in [5, 5.41) is 9.54. The first-order chi connectivity index (χ1) is 5.65. The van der Waals surface area contributed by atoms with E-state index in [1.807, 2.05) is 13.8 Å². The van der Waals surface area contributed by atoms with Gasteiger partial charge < -0.3 is 5.11 Å². The standard InChI is InChI=1S/C10H13ClO/c1-7-5-8(2)9(3-4-11)10(12)6-7/h5-6,12H,3-4H2,1-2H3. The summed E-state index contributed by atoms with van der Waals surface area (Å²) >= 11 is 5.61. The first-order valence-electron chi connectivity index (χ1n) is 4.00. The van der Waals surface area contributed by atoms with Crippen molar-refractivity contribution in [2.45, 2.75) is 20.3 Å². The molecule has 12 heavy (non-hydrogen) atoms. The van der Waals surface area contributed by atoms with Crippen molar-refractivity contribution in [2.75, 3.05) is 5.88 Å². The lowest BCUT2D eigenvalue weighted by Crippen LogP contribution is -1.92. The summed E-state index contributed by atoms with van der Waals surface area (Å²) in [7, 11) is 0. The maximum Gasteiger partial charge on any atom is 0.119 e. The van der Waals surface area contributed by atoms with E-state index in [-0.39, 0.29) is 0 Å². The Morgan fingerprint density at radius 3 is 2.50 bits per heavy atom. The van der Waals surface area contributed by atoms with Gasteiger partial charge in [0.25, 0.3) is 0 Å². The van der Waals surface area contributed by atoms with Crippen molar-refractivity contribution < 1.29 is 5.11 Å². The van der Waals surface area contributed by atoms with Crippen LogP contribution in [0.15, 0.2) is 12.1 Å². The van der Waals surface area contributed by atoms with Crippen LogP contribution in [0.3, 0.4) is 0 Å². The maximum atomic E-state index is 9.54. The number of halogens is 1. The van der Waals surface area contributed by atoms with Gasteiger partial charge >= 0.3 is 0 Å². The summed E-state index contributed by atoms with van der Waals surface area (Å²) in [5.74, 6) is 0.922. The van der Waals surface area contributed by atoms with E-state index in [4.69, 9.17) is 11.6 Å². The molecular formula is C10H13ClO. The van der Waals surface area contributed by atoms with E-state index >= 15 is 0 Å². The second-order valence-electron chi connectivity index (χ2n) is 3.02. The molecule has 1 N–H and O–H groups in total. The van der Waals surface area contributed by atoms with Gasteiger partial charge in [-0.3, -0.25) is 0 Å². The molecule has 1 aromatic rings. The average molecular weight is 185 g/mol. The Labute approximate surface area is 78.0 Å². The lowest BCUT2D eigenvalue weighted by molar-refractivity contribution is 0.468. The van der Waals surface area contributed by atoms with E-state index in [1.54, 1.807) is 6.07 Å². The lowest BCUT2D eigenvalue weighted by atomic mass is 10.0. The van der Waals surface area contributed by atoms with Crippen LogP contribution >= 0.6 is 11.6 Å². The summed E-state index contributed by atoms with van der Waals surface area (Å²) in [6.45, 7) is 3.96. The first kappa shape index (κ1) is 9.40. The number of hydrogen-bond acceptors (Lipinski definition) is 1. The number of aromatic hydroxyl groups is 1. The highest BCUT2D eigenvalue weighted by molar-refractivity contribution is 6.18. The van der Waals surface area contributed by atoms with E-state index in [0.717, 1.165) is 23.1 Å². The molecule has 0 radical (unpaired) electrons. The van der Waals surface area contributed by atoms with Crippen LogP contribution in [0, 0.1) is 13.8 Å². The van der Waals surface area contributed by atoms with Gasteiger partial charge in [0.15, 0.2) is 0 Å². The molecule has 1 rings (SSSR count). The Hall–Kier alpha value is -0.690. The number of rotatable bonds is 2. The van der Waals surface area contributed by atoms with Crippen LogP contribution in [0.2, 0.25) is 0 Å². The van der Waals surface area contributed by atoms with E-state index < -0.39 is 0 Å². The predicted molar refractivity (Wildman–Crippen MR) is 52.0 cm³/mol. The molecule has 0 aliphatic carbocycles. The molecule has 0 unspecified atom stereocenters. The molecule has 1 aromatic carbocycles. The first-order valence-corrected chi connectivity index (χ1v) is 4.53. The minimum atomic E-state index is 0.369. The summed E-state index contributed by atoms with van der Waals surface area (Å²) in [5.41, 5.74) is 3.17. The van der Waals surface area contributed by atoms with Crippen LogP contribution in [-0.4, -0.2) is 11.0 Å². The van der Waals surface area contributed by atoms with Gasteiger partial charge in [0.1, 0.15) is 5.75 Å². The molecule has 0 aliphatic rings. The smallest absolute Gasteiger partial charge is 0.119 e. The van der Waals surface area contributed by atoms with Crippen molar-refractivity contribution in [1.82, 2.24) is 0 Å². The van der Waals surface area contributed by atoms with Crippen LogP contribution in [0.5, 0.6) is 5.75 Å². The van der Waals surface area contributed by atoms with Gasteiger partial charge in [-0.25, -0.2) is 0 Å². The number of aryl methyl sites for hydroxylation is 2. The van der Waals surface area contributed by atoms with Crippen LogP contribution in [-0.2, 0) is 6.42 Å². The fourth-order valence-electron chi connectivity index (χ4n) is 1.39. The average Bonchev–Trinajstić information content (AvgIpc) is 1.96. The normalized spacial score (nSPS) is 10.2. The Kier molecular flexibility index (Phi) is 2.99. The van der Waals surface area contributed by atoms with Crippen molar-refractivity contribution in [2.24, 2.45) is 0 Å². The Bertz CT molecular complexity index is 258. The summed E-state index contributed by atoms with van der Waals surface area (Å²) in [4.78, 5) is 0. The third-order valence-corrected chi connectivity index (χ3v) is 2.13. The van der Waals surface area contributed by atoms with Crippen LogP contribution in [0.25, 0.3) is 0 Å². The zero-order valence-corrected chi connectivity index (χ0v) is 8.15. The highest BCUT2D eigenvalue weighted by Gasteiger charge is 2.04. The minimum absolute atomic E-state index is 0.369. The van der Waals surface area contributed by atoms with Gasteiger partial charge in [0.05, 0.1) is 0 Å².